The molecule has 0 bridgehead atoms. The Hall–Kier alpha value is -1.63. The Morgan fingerprint density at radius 1 is 1.25 bits per heavy atom. The lowest BCUT2D eigenvalue weighted by atomic mass is 9.97. The van der Waals surface area contributed by atoms with E-state index in [0.717, 1.165) is 25.5 Å². The number of H-pyrrole nitrogens is 1. The van der Waals surface area contributed by atoms with Crippen LogP contribution in [0.5, 0.6) is 0 Å². The Balaban J connectivity index is 1.94. The molecule has 134 valence electrons. The number of rotatable bonds is 3. The highest BCUT2D eigenvalue weighted by Crippen LogP contribution is 2.34. The van der Waals surface area contributed by atoms with E-state index in [1.165, 1.54) is 6.07 Å². The molecule has 24 heavy (non-hydrogen) atoms. The van der Waals surface area contributed by atoms with Crippen molar-refractivity contribution < 1.29 is 13.5 Å². The number of aromatic amines is 1. The van der Waals surface area contributed by atoms with Gasteiger partial charge in [-0.2, -0.15) is 0 Å². The molecule has 1 N–H and O–H groups in total. The largest absolute Gasteiger partial charge is 0.377 e. The smallest absolute Gasteiger partial charge is 0.265 e. The van der Waals surface area contributed by atoms with Gasteiger partial charge in [-0.15, -0.1) is 0 Å². The Kier molecular flexibility index (Phi) is 4.80. The minimum atomic E-state index is -2.81. The van der Waals surface area contributed by atoms with Crippen LogP contribution in [0, 0.1) is 0 Å². The summed E-state index contributed by atoms with van der Waals surface area (Å²) in [5.74, 6) is -2.32. The van der Waals surface area contributed by atoms with E-state index in [1.54, 1.807) is 4.90 Å². The van der Waals surface area contributed by atoms with E-state index in [0.29, 0.717) is 38.5 Å². The number of nitrogens with one attached hydrogen (secondary N) is 1. The van der Waals surface area contributed by atoms with Gasteiger partial charge in [-0.05, 0) is 26.2 Å². The van der Waals surface area contributed by atoms with Gasteiger partial charge in [0.2, 0.25) is 0 Å². The van der Waals surface area contributed by atoms with Gasteiger partial charge in [-0.25, -0.2) is 8.78 Å². The lowest BCUT2D eigenvalue weighted by Gasteiger charge is -2.41. The van der Waals surface area contributed by atoms with Gasteiger partial charge in [0.1, 0.15) is 5.82 Å². The zero-order valence-corrected chi connectivity index (χ0v) is 14.2. The standard InChI is InChI=1S/C17H25F2N3O2/c1-12-11-24-8-7-21(12)13-9-15(20-16(23)10-13)22-6-4-3-5-14(22)17(2,18)19/h9-10,12,14H,3-8,11H2,1-2H3,(H,20,23)/t12-,14-/m1/s1. The van der Waals surface area contributed by atoms with Crippen molar-refractivity contribution in [1.82, 2.24) is 4.98 Å². The van der Waals surface area contributed by atoms with Crippen molar-refractivity contribution in [2.24, 2.45) is 0 Å². The maximum Gasteiger partial charge on any atom is 0.265 e. The molecule has 0 spiro atoms. The first-order valence-corrected chi connectivity index (χ1v) is 8.59. The Bertz CT molecular complexity index is 629. The minimum absolute atomic E-state index is 0.151. The lowest BCUT2D eigenvalue weighted by molar-refractivity contribution is -0.0154. The molecule has 2 saturated heterocycles. The molecule has 5 nitrogen and oxygen atoms in total. The molecule has 7 heteroatoms. The van der Waals surface area contributed by atoms with E-state index < -0.39 is 12.0 Å². The van der Waals surface area contributed by atoms with Crippen LogP contribution in [-0.4, -0.2) is 49.3 Å². The van der Waals surface area contributed by atoms with Crippen molar-refractivity contribution in [3.63, 3.8) is 0 Å². The molecule has 3 rings (SSSR count). The summed E-state index contributed by atoms with van der Waals surface area (Å²) < 4.78 is 33.4. The molecule has 2 aliphatic rings. The Labute approximate surface area is 140 Å². The highest BCUT2D eigenvalue weighted by Gasteiger charge is 2.40. The van der Waals surface area contributed by atoms with E-state index in [-0.39, 0.29) is 11.6 Å². The normalized spacial score (nSPS) is 25.8. The van der Waals surface area contributed by atoms with Crippen LogP contribution in [0.15, 0.2) is 16.9 Å². The first-order chi connectivity index (χ1) is 11.4. The van der Waals surface area contributed by atoms with Crippen LogP contribution >= 0.6 is 0 Å². The van der Waals surface area contributed by atoms with Crippen LogP contribution < -0.4 is 15.4 Å². The zero-order chi connectivity index (χ0) is 17.3. The molecule has 0 radical (unpaired) electrons. The highest BCUT2D eigenvalue weighted by molar-refractivity contribution is 5.56. The molecule has 0 aliphatic carbocycles. The van der Waals surface area contributed by atoms with Crippen molar-refractivity contribution in [2.45, 2.75) is 51.1 Å². The molecular formula is C17H25F2N3O2. The van der Waals surface area contributed by atoms with Crippen LogP contribution in [0.3, 0.4) is 0 Å². The molecule has 0 saturated carbocycles. The molecule has 2 aliphatic heterocycles. The van der Waals surface area contributed by atoms with Crippen molar-refractivity contribution >= 4 is 11.5 Å². The van der Waals surface area contributed by atoms with Gasteiger partial charge in [0.25, 0.3) is 11.5 Å². The third-order valence-corrected chi connectivity index (χ3v) is 4.91. The minimum Gasteiger partial charge on any atom is -0.377 e. The average Bonchev–Trinajstić information content (AvgIpc) is 2.54. The second-order valence-electron chi connectivity index (χ2n) is 6.87. The SMILES string of the molecule is C[C@@H]1COCCN1c1cc(N2CCCC[C@@H]2C(C)(F)F)[nH]c(=O)c1. The highest BCUT2D eigenvalue weighted by atomic mass is 19.3. The molecule has 0 amide bonds. The molecule has 1 aromatic heterocycles. The van der Waals surface area contributed by atoms with Crippen molar-refractivity contribution in [2.75, 3.05) is 36.1 Å². The first-order valence-electron chi connectivity index (χ1n) is 8.59. The third-order valence-electron chi connectivity index (χ3n) is 4.91. The summed E-state index contributed by atoms with van der Waals surface area (Å²) in [4.78, 5) is 18.7. The monoisotopic (exact) mass is 341 g/mol. The topological polar surface area (TPSA) is 48.6 Å². The summed E-state index contributed by atoms with van der Waals surface area (Å²) in [5.41, 5.74) is 0.512. The van der Waals surface area contributed by atoms with Crippen molar-refractivity contribution in [3.05, 3.63) is 22.5 Å². The third kappa shape index (κ3) is 3.55. The van der Waals surface area contributed by atoms with E-state index in [4.69, 9.17) is 4.74 Å². The number of halogens is 2. The Morgan fingerprint density at radius 3 is 2.75 bits per heavy atom. The van der Waals surface area contributed by atoms with Crippen LogP contribution in [0.4, 0.5) is 20.3 Å². The number of hydrogen-bond acceptors (Lipinski definition) is 4. The molecule has 2 atom stereocenters. The number of morpholine rings is 1. The van der Waals surface area contributed by atoms with Gasteiger partial charge in [0.05, 0.1) is 19.3 Å². The van der Waals surface area contributed by atoms with Gasteiger partial charge < -0.3 is 19.5 Å². The number of hydrogen-bond donors (Lipinski definition) is 1. The zero-order valence-electron chi connectivity index (χ0n) is 14.2. The molecule has 3 heterocycles. The van der Waals surface area contributed by atoms with Crippen LogP contribution in [0.2, 0.25) is 0 Å². The van der Waals surface area contributed by atoms with Crippen LogP contribution in [0.25, 0.3) is 0 Å². The molecule has 2 fully saturated rings. The fourth-order valence-corrected chi connectivity index (χ4v) is 3.69. The number of nitrogens with zero attached hydrogens (tertiary/aromatic N) is 2. The van der Waals surface area contributed by atoms with Gasteiger partial charge >= 0.3 is 0 Å². The van der Waals surface area contributed by atoms with Crippen LogP contribution in [0.1, 0.15) is 33.1 Å². The summed E-state index contributed by atoms with van der Waals surface area (Å²) in [7, 11) is 0. The quantitative estimate of drug-likeness (QED) is 0.918. The van der Waals surface area contributed by atoms with Gasteiger partial charge in [-0.1, -0.05) is 0 Å². The second kappa shape index (κ2) is 6.70. The van der Waals surface area contributed by atoms with Gasteiger partial charge in [0.15, 0.2) is 0 Å². The van der Waals surface area contributed by atoms with Gasteiger partial charge in [0, 0.05) is 43.9 Å². The molecular weight excluding hydrogens is 316 g/mol. The Morgan fingerprint density at radius 2 is 2.04 bits per heavy atom. The number of anilines is 2. The summed E-state index contributed by atoms with van der Waals surface area (Å²) in [5, 5.41) is 0. The maximum absolute atomic E-state index is 14.0. The summed E-state index contributed by atoms with van der Waals surface area (Å²) in [6, 6.07) is 2.64. The van der Waals surface area contributed by atoms with E-state index in [9.17, 15) is 13.6 Å². The predicted octanol–water partition coefficient (Wildman–Crippen LogP) is 2.61. The average molecular weight is 341 g/mol. The van der Waals surface area contributed by atoms with Crippen LogP contribution in [-0.2, 0) is 4.74 Å². The van der Waals surface area contributed by atoms with Crippen molar-refractivity contribution in [1.29, 1.82) is 0 Å². The fourth-order valence-electron chi connectivity index (χ4n) is 3.69. The van der Waals surface area contributed by atoms with Gasteiger partial charge in [-0.3, -0.25) is 4.79 Å². The summed E-state index contributed by atoms with van der Waals surface area (Å²) in [6.07, 6.45) is 2.07. The number of piperidine rings is 1. The molecule has 1 aromatic rings. The lowest BCUT2D eigenvalue weighted by Crippen LogP contribution is -2.50. The number of pyridine rings is 1. The number of ether oxygens (including phenoxy) is 1. The van der Waals surface area contributed by atoms with Crippen molar-refractivity contribution in [3.8, 4) is 0 Å². The van der Waals surface area contributed by atoms with E-state index in [1.807, 2.05) is 13.0 Å². The predicted molar refractivity (Wildman–Crippen MR) is 90.3 cm³/mol. The summed E-state index contributed by atoms with van der Waals surface area (Å²) >= 11 is 0. The number of aromatic nitrogens is 1. The molecule has 0 aromatic carbocycles. The van der Waals surface area contributed by atoms with E-state index >= 15 is 0 Å². The maximum atomic E-state index is 14.0. The second-order valence-corrected chi connectivity index (χ2v) is 6.87. The summed E-state index contributed by atoms with van der Waals surface area (Å²) in [6.45, 7) is 5.42. The first kappa shape index (κ1) is 17.2. The van der Waals surface area contributed by atoms with E-state index in [2.05, 4.69) is 9.88 Å². The fraction of sp³-hybridized carbons (Fsp3) is 0.706. The molecule has 0 unspecified atom stereocenters. The number of alkyl halides is 2.